The number of carbonyl (C=O) groups excluding carboxylic acids is 1. The molecular formula is C18H16F3N5O4. The number of aromatic nitrogens is 4. The highest BCUT2D eigenvalue weighted by Crippen LogP contribution is 2.40. The number of nitrogens with one attached hydrogen (secondary N) is 2. The van der Waals surface area contributed by atoms with Crippen LogP contribution in [0.3, 0.4) is 0 Å². The molecule has 0 atom stereocenters. The quantitative estimate of drug-likeness (QED) is 0.557. The van der Waals surface area contributed by atoms with Gasteiger partial charge in [-0.3, -0.25) is 4.79 Å². The Balaban J connectivity index is 1.89. The summed E-state index contributed by atoms with van der Waals surface area (Å²) < 4.78 is 53.5. The van der Waals surface area contributed by atoms with E-state index in [-0.39, 0.29) is 17.5 Å². The van der Waals surface area contributed by atoms with E-state index < -0.39 is 17.7 Å². The number of ether oxygens (including phenoxy) is 3. The van der Waals surface area contributed by atoms with Crippen molar-refractivity contribution in [2.45, 2.75) is 6.18 Å². The van der Waals surface area contributed by atoms with Crippen LogP contribution in [0.15, 0.2) is 30.6 Å². The molecule has 0 saturated heterocycles. The Morgan fingerprint density at radius 1 is 1.03 bits per heavy atom. The van der Waals surface area contributed by atoms with E-state index in [9.17, 15) is 18.0 Å². The van der Waals surface area contributed by atoms with Crippen LogP contribution in [0.1, 0.15) is 10.5 Å². The van der Waals surface area contributed by atoms with Gasteiger partial charge in [-0.15, -0.1) is 0 Å². The fraction of sp³-hybridized carbons (Fsp3) is 0.222. The Labute approximate surface area is 168 Å². The van der Waals surface area contributed by atoms with E-state index in [0.29, 0.717) is 22.9 Å². The summed E-state index contributed by atoms with van der Waals surface area (Å²) in [5.41, 5.74) is 0.0102. The van der Waals surface area contributed by atoms with Crippen LogP contribution in [0.4, 0.5) is 24.8 Å². The summed E-state index contributed by atoms with van der Waals surface area (Å²) in [4.78, 5) is 25.8. The average Bonchev–Trinajstić information content (AvgIpc) is 3.22. The van der Waals surface area contributed by atoms with E-state index in [1.54, 1.807) is 12.1 Å². The Morgan fingerprint density at radius 2 is 1.70 bits per heavy atom. The minimum atomic E-state index is -4.99. The first-order valence-corrected chi connectivity index (χ1v) is 8.33. The fourth-order valence-electron chi connectivity index (χ4n) is 2.58. The minimum absolute atomic E-state index is 0.0427. The third-order valence-electron chi connectivity index (χ3n) is 3.92. The molecule has 1 aromatic carbocycles. The molecule has 0 bridgehead atoms. The molecule has 0 aliphatic carbocycles. The van der Waals surface area contributed by atoms with Gasteiger partial charge in [0.15, 0.2) is 17.3 Å². The summed E-state index contributed by atoms with van der Waals surface area (Å²) in [5.74, 6) is -0.649. The summed E-state index contributed by atoms with van der Waals surface area (Å²) in [6, 6.07) is 5.54. The molecule has 0 aliphatic rings. The van der Waals surface area contributed by atoms with Crippen molar-refractivity contribution in [3.05, 3.63) is 36.3 Å². The van der Waals surface area contributed by atoms with Gasteiger partial charge in [0.05, 0.1) is 32.7 Å². The van der Waals surface area contributed by atoms with Crippen molar-refractivity contribution in [3.63, 3.8) is 0 Å². The Kier molecular flexibility index (Phi) is 5.76. The molecule has 0 amide bonds. The summed E-state index contributed by atoms with van der Waals surface area (Å²) in [5, 5.41) is 2.93. The molecule has 0 aliphatic heterocycles. The van der Waals surface area contributed by atoms with Crippen molar-refractivity contribution in [1.29, 1.82) is 0 Å². The van der Waals surface area contributed by atoms with Gasteiger partial charge in [0.2, 0.25) is 11.7 Å². The van der Waals surface area contributed by atoms with Crippen LogP contribution in [-0.4, -0.2) is 53.2 Å². The molecule has 3 aromatic rings. The van der Waals surface area contributed by atoms with Crippen LogP contribution in [-0.2, 0) is 0 Å². The fourth-order valence-corrected chi connectivity index (χ4v) is 2.58. The summed E-state index contributed by atoms with van der Waals surface area (Å²) in [6.07, 6.45) is -3.81. The number of benzene rings is 1. The number of H-pyrrole nitrogens is 1. The van der Waals surface area contributed by atoms with Crippen LogP contribution in [0.5, 0.6) is 17.2 Å². The first-order valence-electron chi connectivity index (χ1n) is 8.33. The van der Waals surface area contributed by atoms with Gasteiger partial charge in [-0.05, 0) is 12.1 Å². The highest BCUT2D eigenvalue weighted by molar-refractivity contribution is 5.99. The van der Waals surface area contributed by atoms with E-state index >= 15 is 0 Å². The van der Waals surface area contributed by atoms with E-state index in [0.717, 1.165) is 6.07 Å². The highest BCUT2D eigenvalue weighted by atomic mass is 19.4. The Hall–Kier alpha value is -3.83. The van der Waals surface area contributed by atoms with Crippen molar-refractivity contribution < 1.29 is 32.2 Å². The van der Waals surface area contributed by atoms with Crippen molar-refractivity contribution in [1.82, 2.24) is 19.9 Å². The summed E-state index contributed by atoms with van der Waals surface area (Å²) in [6.45, 7) is 0. The van der Waals surface area contributed by atoms with Gasteiger partial charge < -0.3 is 24.5 Å². The standard InChI is InChI=1S/C18H16F3N5O4/c1-28-12-6-9(7-13(29-2)14(12)30-3)24-17-23-8-22-16(26-17)11-5-4-10(25-11)15(27)18(19,20)21/h4-8,25H,1-3H3,(H,22,23,24,26). The second-order valence-electron chi connectivity index (χ2n) is 5.78. The summed E-state index contributed by atoms with van der Waals surface area (Å²) >= 11 is 0. The number of alkyl halides is 3. The maximum absolute atomic E-state index is 12.6. The molecule has 0 radical (unpaired) electrons. The molecule has 3 rings (SSSR count). The molecule has 9 nitrogen and oxygen atoms in total. The largest absolute Gasteiger partial charge is 0.493 e. The van der Waals surface area contributed by atoms with E-state index in [1.807, 2.05) is 0 Å². The molecule has 0 saturated carbocycles. The molecule has 0 unspecified atom stereocenters. The van der Waals surface area contributed by atoms with Gasteiger partial charge in [0, 0.05) is 17.8 Å². The predicted octanol–water partition coefficient (Wildman–Crippen LogP) is 3.38. The molecule has 2 aromatic heterocycles. The first-order chi connectivity index (χ1) is 14.3. The number of halogens is 3. The van der Waals surface area contributed by atoms with Crippen molar-refractivity contribution in [2.24, 2.45) is 0 Å². The topological polar surface area (TPSA) is 111 Å². The van der Waals surface area contributed by atoms with Crippen LogP contribution in [0, 0.1) is 0 Å². The smallest absolute Gasteiger partial charge is 0.456 e. The van der Waals surface area contributed by atoms with Crippen molar-refractivity contribution in [2.75, 3.05) is 26.6 Å². The maximum Gasteiger partial charge on any atom is 0.456 e. The lowest BCUT2D eigenvalue weighted by atomic mass is 10.2. The Bertz CT molecular complexity index is 1040. The lowest BCUT2D eigenvalue weighted by molar-refractivity contribution is -0.0887. The third-order valence-corrected chi connectivity index (χ3v) is 3.92. The monoisotopic (exact) mass is 423 g/mol. The van der Waals surface area contributed by atoms with Crippen LogP contribution < -0.4 is 19.5 Å². The molecule has 2 N–H and O–H groups in total. The van der Waals surface area contributed by atoms with Gasteiger partial charge in [0.25, 0.3) is 5.78 Å². The molecular weight excluding hydrogens is 407 g/mol. The molecule has 12 heteroatoms. The maximum atomic E-state index is 12.6. The minimum Gasteiger partial charge on any atom is -0.493 e. The second kappa shape index (κ2) is 8.27. The van der Waals surface area contributed by atoms with Gasteiger partial charge >= 0.3 is 6.18 Å². The number of methoxy groups -OCH3 is 3. The number of rotatable bonds is 7. The predicted molar refractivity (Wildman–Crippen MR) is 99.4 cm³/mol. The van der Waals surface area contributed by atoms with Crippen molar-refractivity contribution in [3.8, 4) is 28.8 Å². The lowest BCUT2D eigenvalue weighted by Gasteiger charge is -2.14. The molecule has 0 fully saturated rings. The van der Waals surface area contributed by atoms with Crippen molar-refractivity contribution >= 4 is 17.4 Å². The number of carbonyl (C=O) groups is 1. The summed E-state index contributed by atoms with van der Waals surface area (Å²) in [7, 11) is 4.40. The first kappa shape index (κ1) is 20.9. The second-order valence-corrected chi connectivity index (χ2v) is 5.78. The van der Waals surface area contributed by atoms with Gasteiger partial charge in [0.1, 0.15) is 6.33 Å². The number of nitrogens with zero attached hydrogens (tertiary/aromatic N) is 3. The van der Waals surface area contributed by atoms with E-state index in [1.165, 1.54) is 33.7 Å². The Morgan fingerprint density at radius 3 is 2.27 bits per heavy atom. The van der Waals surface area contributed by atoms with Gasteiger partial charge in [-0.25, -0.2) is 9.97 Å². The van der Waals surface area contributed by atoms with Gasteiger partial charge in [-0.2, -0.15) is 18.2 Å². The molecule has 0 spiro atoms. The van der Waals surface area contributed by atoms with E-state index in [4.69, 9.17) is 14.2 Å². The highest BCUT2D eigenvalue weighted by Gasteiger charge is 2.40. The normalized spacial score (nSPS) is 11.1. The molecule has 158 valence electrons. The third kappa shape index (κ3) is 4.26. The van der Waals surface area contributed by atoms with E-state index in [2.05, 4.69) is 25.3 Å². The number of anilines is 2. The molecule has 2 heterocycles. The lowest BCUT2D eigenvalue weighted by Crippen LogP contribution is -2.22. The number of ketones is 1. The number of Topliss-reactive ketones (excluding diaryl/α,β-unsaturated/α-hetero) is 1. The van der Waals surface area contributed by atoms with Crippen LogP contribution in [0.25, 0.3) is 11.5 Å². The van der Waals surface area contributed by atoms with Gasteiger partial charge in [-0.1, -0.05) is 0 Å². The number of hydrogen-bond donors (Lipinski definition) is 2. The SMILES string of the molecule is COc1cc(Nc2ncnc(-c3ccc(C(=O)C(F)(F)F)[nH]3)n2)cc(OC)c1OC. The number of hydrogen-bond acceptors (Lipinski definition) is 8. The average molecular weight is 423 g/mol. The number of aromatic amines is 1. The zero-order valence-corrected chi connectivity index (χ0v) is 16.0. The van der Waals surface area contributed by atoms with Crippen LogP contribution in [0.2, 0.25) is 0 Å². The zero-order valence-electron chi connectivity index (χ0n) is 16.0. The van der Waals surface area contributed by atoms with Crippen LogP contribution >= 0.6 is 0 Å². The molecule has 30 heavy (non-hydrogen) atoms. The zero-order chi connectivity index (χ0) is 21.9.